The zero-order valence-electron chi connectivity index (χ0n) is 4.60. The molecular formula is C5H9O2-. The van der Waals surface area contributed by atoms with E-state index in [0.29, 0.717) is 6.61 Å². The van der Waals surface area contributed by atoms with Gasteiger partial charge in [-0.05, 0) is 0 Å². The fourth-order valence-corrected chi connectivity index (χ4v) is 0.201. The summed E-state index contributed by atoms with van der Waals surface area (Å²) in [6.07, 6.45) is 1.49. The lowest BCUT2D eigenvalue weighted by molar-refractivity contribution is -0.302. The van der Waals surface area contributed by atoms with E-state index in [0.717, 1.165) is 0 Å². The van der Waals surface area contributed by atoms with E-state index >= 15 is 0 Å². The Balaban J connectivity index is 3.08. The maximum absolute atomic E-state index is 10.1. The second-order valence-electron chi connectivity index (χ2n) is 1.27. The van der Waals surface area contributed by atoms with Crippen LogP contribution in [0.2, 0.25) is 0 Å². The molecule has 0 unspecified atom stereocenters. The van der Waals surface area contributed by atoms with Gasteiger partial charge in [0.25, 0.3) is 0 Å². The molecule has 2 nitrogen and oxygen atoms in total. The van der Waals surface area contributed by atoms with Crippen LogP contribution in [0.25, 0.3) is 0 Å². The Kier molecular flexibility index (Phi) is 3.42. The van der Waals surface area contributed by atoms with Crippen LogP contribution in [-0.4, -0.2) is 13.7 Å². The Morgan fingerprint density at radius 1 is 1.86 bits per heavy atom. The summed E-state index contributed by atoms with van der Waals surface area (Å²) in [7, 11) is 1.56. The predicted molar refractivity (Wildman–Crippen MR) is 25.6 cm³/mol. The summed E-state index contributed by atoms with van der Waals surface area (Å²) in [5.74, 6) is 0.0573. The van der Waals surface area contributed by atoms with Crippen molar-refractivity contribution in [2.45, 2.75) is 6.92 Å². The molecule has 0 heterocycles. The molecule has 0 aromatic rings. The third-order valence-corrected chi connectivity index (χ3v) is 0.537. The monoisotopic (exact) mass is 101 g/mol. The smallest absolute Gasteiger partial charge is 0.0637 e. The fourth-order valence-electron chi connectivity index (χ4n) is 0.201. The molecule has 0 radical (unpaired) electrons. The molecule has 0 aromatic carbocycles. The molecule has 0 rings (SSSR count). The molecule has 0 saturated carbocycles. The van der Waals surface area contributed by atoms with Crippen LogP contribution in [0.1, 0.15) is 6.92 Å². The Bertz CT molecular complexity index is 62.5. The molecule has 0 aliphatic carbocycles. The maximum Gasteiger partial charge on any atom is 0.0637 e. The molecule has 0 saturated heterocycles. The first-order chi connectivity index (χ1) is 3.27. The summed E-state index contributed by atoms with van der Waals surface area (Å²) in [6.45, 7) is 1.92. The van der Waals surface area contributed by atoms with Gasteiger partial charge in [-0.25, -0.2) is 0 Å². The van der Waals surface area contributed by atoms with E-state index in [2.05, 4.69) is 4.74 Å². The second-order valence-corrected chi connectivity index (χ2v) is 1.27. The van der Waals surface area contributed by atoms with E-state index in [1.54, 1.807) is 7.11 Å². The lowest BCUT2D eigenvalue weighted by Crippen LogP contribution is -1.99. The maximum atomic E-state index is 10.1. The minimum absolute atomic E-state index is 0.0573. The highest BCUT2D eigenvalue weighted by Crippen LogP contribution is 1.76. The summed E-state index contributed by atoms with van der Waals surface area (Å²) < 4.78 is 4.58. The van der Waals surface area contributed by atoms with Crippen LogP contribution in [0.15, 0.2) is 11.8 Å². The Morgan fingerprint density at radius 3 is 2.57 bits per heavy atom. The average Bonchev–Trinajstić information content (AvgIpc) is 1.61. The molecule has 0 amide bonds. The van der Waals surface area contributed by atoms with Crippen molar-refractivity contribution in [3.63, 3.8) is 0 Å². The molecule has 7 heavy (non-hydrogen) atoms. The SMILES string of the molecule is COCC=C(C)[O-]. The van der Waals surface area contributed by atoms with Crippen LogP contribution in [0, 0.1) is 0 Å². The molecule has 42 valence electrons. The van der Waals surface area contributed by atoms with Crippen molar-refractivity contribution < 1.29 is 9.84 Å². The molecule has 0 fully saturated rings. The van der Waals surface area contributed by atoms with Gasteiger partial charge < -0.3 is 9.84 Å². The topological polar surface area (TPSA) is 32.3 Å². The van der Waals surface area contributed by atoms with E-state index in [9.17, 15) is 5.11 Å². The summed E-state index contributed by atoms with van der Waals surface area (Å²) >= 11 is 0. The number of hydrogen-bond donors (Lipinski definition) is 0. The highest BCUT2D eigenvalue weighted by atomic mass is 16.5. The molecule has 0 N–H and O–H groups in total. The van der Waals surface area contributed by atoms with Gasteiger partial charge in [0, 0.05) is 7.11 Å². The third kappa shape index (κ3) is 5.50. The van der Waals surface area contributed by atoms with Gasteiger partial charge >= 0.3 is 0 Å². The van der Waals surface area contributed by atoms with E-state index in [4.69, 9.17) is 0 Å². The van der Waals surface area contributed by atoms with E-state index in [1.807, 2.05) is 0 Å². The molecule has 0 atom stereocenters. The summed E-state index contributed by atoms with van der Waals surface area (Å²) in [6, 6.07) is 0. The quantitative estimate of drug-likeness (QED) is 0.455. The highest BCUT2D eigenvalue weighted by Gasteiger charge is 1.66. The Morgan fingerprint density at radius 2 is 2.43 bits per heavy atom. The van der Waals surface area contributed by atoms with Gasteiger partial charge in [0.1, 0.15) is 0 Å². The number of hydrogen-bond acceptors (Lipinski definition) is 2. The zero-order valence-corrected chi connectivity index (χ0v) is 4.60. The summed E-state index contributed by atoms with van der Waals surface area (Å²) in [5.41, 5.74) is 0. The molecule has 0 bridgehead atoms. The van der Waals surface area contributed by atoms with Crippen LogP contribution in [0.3, 0.4) is 0 Å². The van der Waals surface area contributed by atoms with Gasteiger partial charge in [0.2, 0.25) is 0 Å². The average molecular weight is 101 g/mol. The first kappa shape index (κ1) is 6.50. The van der Waals surface area contributed by atoms with Gasteiger partial charge in [0.15, 0.2) is 0 Å². The lowest BCUT2D eigenvalue weighted by atomic mass is 10.5. The van der Waals surface area contributed by atoms with Crippen LogP contribution >= 0.6 is 0 Å². The molecule has 0 spiro atoms. The van der Waals surface area contributed by atoms with Gasteiger partial charge in [-0.15, -0.1) is 5.76 Å². The highest BCUT2D eigenvalue weighted by molar-refractivity contribution is 4.83. The van der Waals surface area contributed by atoms with Crippen LogP contribution in [0.5, 0.6) is 0 Å². The van der Waals surface area contributed by atoms with Gasteiger partial charge in [0.05, 0.1) is 6.61 Å². The molecule has 2 heteroatoms. The first-order valence-corrected chi connectivity index (χ1v) is 2.10. The van der Waals surface area contributed by atoms with Crippen molar-refractivity contribution in [3.05, 3.63) is 11.8 Å². The van der Waals surface area contributed by atoms with Crippen LogP contribution < -0.4 is 5.11 Å². The van der Waals surface area contributed by atoms with Crippen molar-refractivity contribution >= 4 is 0 Å². The standard InChI is InChI=1S/C5H10O2/c1-5(6)3-4-7-2/h3,6H,4H2,1-2H3/p-1. The van der Waals surface area contributed by atoms with Crippen molar-refractivity contribution in [1.29, 1.82) is 0 Å². The predicted octanol–water partition coefficient (Wildman–Crippen LogP) is -0.103. The van der Waals surface area contributed by atoms with Gasteiger partial charge in [-0.1, -0.05) is 13.0 Å². The van der Waals surface area contributed by atoms with Crippen molar-refractivity contribution in [2.24, 2.45) is 0 Å². The Hall–Kier alpha value is -0.500. The summed E-state index contributed by atoms with van der Waals surface area (Å²) in [5, 5.41) is 10.1. The van der Waals surface area contributed by atoms with Crippen LogP contribution in [0.4, 0.5) is 0 Å². The number of allylic oxidation sites excluding steroid dienone is 1. The third-order valence-electron chi connectivity index (χ3n) is 0.537. The zero-order chi connectivity index (χ0) is 5.70. The molecular weight excluding hydrogens is 92.1 g/mol. The largest absolute Gasteiger partial charge is 0.876 e. The second kappa shape index (κ2) is 3.68. The van der Waals surface area contributed by atoms with E-state index in [1.165, 1.54) is 13.0 Å². The van der Waals surface area contributed by atoms with Gasteiger partial charge in [-0.2, -0.15) is 0 Å². The summed E-state index contributed by atoms with van der Waals surface area (Å²) in [4.78, 5) is 0. The van der Waals surface area contributed by atoms with Gasteiger partial charge in [-0.3, -0.25) is 0 Å². The Labute approximate surface area is 43.4 Å². The van der Waals surface area contributed by atoms with Crippen LogP contribution in [-0.2, 0) is 4.74 Å². The van der Waals surface area contributed by atoms with E-state index in [-0.39, 0.29) is 5.76 Å². The molecule has 0 aromatic heterocycles. The van der Waals surface area contributed by atoms with Crippen molar-refractivity contribution in [3.8, 4) is 0 Å². The van der Waals surface area contributed by atoms with Crippen molar-refractivity contribution in [1.82, 2.24) is 0 Å². The van der Waals surface area contributed by atoms with Crippen molar-refractivity contribution in [2.75, 3.05) is 13.7 Å². The normalized spacial score (nSPS) is 12.0. The minimum atomic E-state index is 0.0573. The van der Waals surface area contributed by atoms with E-state index < -0.39 is 0 Å². The number of rotatable bonds is 2. The molecule has 0 aliphatic rings. The number of ether oxygens (including phenoxy) is 1. The lowest BCUT2D eigenvalue weighted by Gasteiger charge is -2.00. The molecule has 0 aliphatic heterocycles. The number of methoxy groups -OCH3 is 1. The fraction of sp³-hybridized carbons (Fsp3) is 0.600. The minimum Gasteiger partial charge on any atom is -0.876 e. The first-order valence-electron chi connectivity index (χ1n) is 2.10.